The minimum absolute atomic E-state index is 0.127. The highest BCUT2D eigenvalue weighted by Crippen LogP contribution is 2.34. The lowest BCUT2D eigenvalue weighted by Crippen LogP contribution is -2.42. The van der Waals surface area contributed by atoms with Gasteiger partial charge in [-0.2, -0.15) is 5.10 Å². The quantitative estimate of drug-likeness (QED) is 0.907. The number of thiophene rings is 1. The van der Waals surface area contributed by atoms with E-state index in [1.54, 1.807) is 11.3 Å². The Balaban J connectivity index is 1.52. The molecule has 1 amide bonds. The van der Waals surface area contributed by atoms with Gasteiger partial charge in [0.1, 0.15) is 11.9 Å². The summed E-state index contributed by atoms with van der Waals surface area (Å²) in [4.78, 5) is 20.7. The predicted octanol–water partition coefficient (Wildman–Crippen LogP) is 2.51. The zero-order valence-corrected chi connectivity index (χ0v) is 14.9. The van der Waals surface area contributed by atoms with Crippen molar-refractivity contribution in [2.45, 2.75) is 39.2 Å². The van der Waals surface area contributed by atoms with Crippen molar-refractivity contribution in [1.29, 1.82) is 0 Å². The molecule has 0 aromatic carbocycles. The number of H-pyrrole nitrogens is 1. The number of ether oxygens (including phenoxy) is 1. The zero-order valence-electron chi connectivity index (χ0n) is 14.0. The molecule has 2 unspecified atom stereocenters. The second kappa shape index (κ2) is 6.29. The van der Waals surface area contributed by atoms with Gasteiger partial charge in [-0.05, 0) is 37.7 Å². The van der Waals surface area contributed by atoms with Crippen molar-refractivity contribution in [2.24, 2.45) is 5.92 Å². The molecule has 24 heavy (non-hydrogen) atoms. The minimum atomic E-state index is -0.248. The number of morpholine rings is 1. The van der Waals surface area contributed by atoms with E-state index in [4.69, 9.17) is 4.74 Å². The van der Waals surface area contributed by atoms with Crippen LogP contribution in [0.2, 0.25) is 0 Å². The first-order valence-corrected chi connectivity index (χ1v) is 9.39. The fraction of sp³-hybridized carbons (Fsp3) is 0.588. The number of carbonyl (C=O) groups excluding carboxylic acids is 1. The van der Waals surface area contributed by atoms with Crippen molar-refractivity contribution in [3.05, 3.63) is 33.0 Å². The fourth-order valence-corrected chi connectivity index (χ4v) is 4.76. The second-order valence-electron chi connectivity index (χ2n) is 6.79. The third kappa shape index (κ3) is 2.86. The van der Waals surface area contributed by atoms with Gasteiger partial charge >= 0.3 is 0 Å². The minimum Gasteiger partial charge on any atom is -0.366 e. The number of aromatic nitrogens is 3. The van der Waals surface area contributed by atoms with Crippen LogP contribution in [0.3, 0.4) is 0 Å². The molecule has 0 saturated carbocycles. The van der Waals surface area contributed by atoms with Crippen molar-refractivity contribution >= 4 is 17.2 Å². The molecule has 1 N–H and O–H groups in total. The number of nitrogens with zero attached hydrogens (tertiary/aromatic N) is 3. The average Bonchev–Trinajstić information content (AvgIpc) is 3.20. The normalized spacial score (nSPS) is 24.0. The molecule has 0 radical (unpaired) electrons. The summed E-state index contributed by atoms with van der Waals surface area (Å²) in [6, 6.07) is 0. The Morgan fingerprint density at radius 2 is 2.38 bits per heavy atom. The molecule has 1 aliphatic carbocycles. The van der Waals surface area contributed by atoms with E-state index >= 15 is 0 Å². The van der Waals surface area contributed by atoms with Crippen LogP contribution in [0.15, 0.2) is 5.38 Å². The van der Waals surface area contributed by atoms with Crippen LogP contribution in [0, 0.1) is 12.8 Å². The van der Waals surface area contributed by atoms with Gasteiger partial charge in [-0.3, -0.25) is 9.89 Å². The highest BCUT2D eigenvalue weighted by Gasteiger charge is 2.31. The summed E-state index contributed by atoms with van der Waals surface area (Å²) in [7, 11) is 0. The molecular formula is C17H22N4O2S. The van der Waals surface area contributed by atoms with Gasteiger partial charge in [0.15, 0.2) is 5.82 Å². The number of aryl methyl sites for hydroxylation is 1. The average molecular weight is 346 g/mol. The summed E-state index contributed by atoms with van der Waals surface area (Å²) in [5.74, 6) is 2.24. The van der Waals surface area contributed by atoms with Gasteiger partial charge in [0.25, 0.3) is 5.91 Å². The van der Waals surface area contributed by atoms with Crippen LogP contribution < -0.4 is 0 Å². The van der Waals surface area contributed by atoms with Crippen LogP contribution in [0.5, 0.6) is 0 Å². The fourth-order valence-electron chi connectivity index (χ4n) is 3.52. The monoisotopic (exact) mass is 346 g/mol. The van der Waals surface area contributed by atoms with Crippen molar-refractivity contribution in [3.8, 4) is 0 Å². The molecular weight excluding hydrogens is 324 g/mol. The van der Waals surface area contributed by atoms with E-state index in [2.05, 4.69) is 22.1 Å². The van der Waals surface area contributed by atoms with E-state index in [-0.39, 0.29) is 12.0 Å². The van der Waals surface area contributed by atoms with E-state index in [1.165, 1.54) is 16.9 Å². The number of rotatable bonds is 2. The Morgan fingerprint density at radius 1 is 1.50 bits per heavy atom. The molecule has 2 aromatic heterocycles. The number of fused-ring (bicyclic) bond motifs is 1. The molecule has 2 aromatic rings. The summed E-state index contributed by atoms with van der Waals surface area (Å²) in [5, 5.41) is 9.07. The first kappa shape index (κ1) is 15.8. The van der Waals surface area contributed by atoms with E-state index < -0.39 is 0 Å². The van der Waals surface area contributed by atoms with Crippen LogP contribution in [-0.2, 0) is 17.6 Å². The number of hydrogen-bond acceptors (Lipinski definition) is 5. The van der Waals surface area contributed by atoms with E-state index in [0.717, 1.165) is 30.1 Å². The maximum Gasteiger partial charge on any atom is 0.255 e. The summed E-state index contributed by atoms with van der Waals surface area (Å²) in [5.41, 5.74) is 2.17. The molecule has 6 nitrogen and oxygen atoms in total. The topological polar surface area (TPSA) is 71.1 Å². The molecule has 1 aliphatic heterocycles. The molecule has 0 bridgehead atoms. The van der Waals surface area contributed by atoms with Crippen molar-refractivity contribution in [1.82, 2.24) is 20.1 Å². The summed E-state index contributed by atoms with van der Waals surface area (Å²) < 4.78 is 5.77. The third-order valence-corrected chi connectivity index (χ3v) is 5.94. The molecule has 3 heterocycles. The van der Waals surface area contributed by atoms with Gasteiger partial charge in [0.05, 0.1) is 18.7 Å². The Hall–Kier alpha value is -1.73. The Labute approximate surface area is 145 Å². The Bertz CT molecular complexity index is 754. The SMILES string of the molecule is Cc1nc(C2CN(C(=O)c3csc4c3CCC(C)C4)CCO2)n[nH]1. The summed E-state index contributed by atoms with van der Waals surface area (Å²) >= 11 is 1.74. The van der Waals surface area contributed by atoms with Crippen molar-refractivity contribution < 1.29 is 9.53 Å². The number of carbonyl (C=O) groups is 1. The van der Waals surface area contributed by atoms with Crippen LogP contribution in [0.1, 0.15) is 51.9 Å². The van der Waals surface area contributed by atoms with Gasteiger partial charge in [-0.15, -0.1) is 11.3 Å². The van der Waals surface area contributed by atoms with Crippen LogP contribution in [-0.4, -0.2) is 45.7 Å². The van der Waals surface area contributed by atoms with E-state index in [9.17, 15) is 4.79 Å². The van der Waals surface area contributed by atoms with Crippen molar-refractivity contribution in [2.75, 3.05) is 19.7 Å². The number of amides is 1. The van der Waals surface area contributed by atoms with Gasteiger partial charge in [0, 0.05) is 16.8 Å². The zero-order chi connectivity index (χ0) is 16.7. The number of aromatic amines is 1. The first-order valence-electron chi connectivity index (χ1n) is 8.51. The second-order valence-corrected chi connectivity index (χ2v) is 7.75. The van der Waals surface area contributed by atoms with Crippen molar-refractivity contribution in [3.63, 3.8) is 0 Å². The molecule has 2 atom stereocenters. The molecule has 4 rings (SSSR count). The lowest BCUT2D eigenvalue weighted by Gasteiger charge is -2.32. The van der Waals surface area contributed by atoms with Gasteiger partial charge in [0.2, 0.25) is 0 Å². The molecule has 1 fully saturated rings. The third-order valence-electron chi connectivity index (χ3n) is 4.89. The Kier molecular flexibility index (Phi) is 4.14. The summed E-state index contributed by atoms with van der Waals surface area (Å²) in [6.45, 7) is 5.81. The maximum atomic E-state index is 13.0. The molecule has 1 saturated heterocycles. The highest BCUT2D eigenvalue weighted by atomic mass is 32.1. The standard InChI is InChI=1S/C17H22N4O2S/c1-10-3-4-12-13(9-24-15(12)7-10)17(22)21-5-6-23-14(8-21)16-18-11(2)19-20-16/h9-10,14H,3-8H2,1-2H3,(H,18,19,20). The van der Waals surface area contributed by atoms with Gasteiger partial charge in [-0.25, -0.2) is 4.98 Å². The first-order chi connectivity index (χ1) is 11.6. The summed E-state index contributed by atoms with van der Waals surface area (Å²) in [6.07, 6.45) is 3.05. The Morgan fingerprint density at radius 3 is 3.17 bits per heavy atom. The maximum absolute atomic E-state index is 13.0. The lowest BCUT2D eigenvalue weighted by molar-refractivity contribution is -0.0267. The highest BCUT2D eigenvalue weighted by molar-refractivity contribution is 7.10. The smallest absolute Gasteiger partial charge is 0.255 e. The van der Waals surface area contributed by atoms with E-state index in [0.29, 0.717) is 25.5 Å². The molecule has 7 heteroatoms. The van der Waals surface area contributed by atoms with Crippen LogP contribution in [0.4, 0.5) is 0 Å². The van der Waals surface area contributed by atoms with Gasteiger partial charge < -0.3 is 9.64 Å². The number of nitrogens with one attached hydrogen (secondary N) is 1. The van der Waals surface area contributed by atoms with Crippen LogP contribution >= 0.6 is 11.3 Å². The largest absolute Gasteiger partial charge is 0.366 e. The lowest BCUT2D eigenvalue weighted by atomic mass is 9.88. The van der Waals surface area contributed by atoms with E-state index in [1.807, 2.05) is 17.2 Å². The molecule has 0 spiro atoms. The molecule has 2 aliphatic rings. The predicted molar refractivity (Wildman–Crippen MR) is 91.2 cm³/mol. The van der Waals surface area contributed by atoms with Crippen LogP contribution in [0.25, 0.3) is 0 Å². The molecule has 128 valence electrons. The van der Waals surface area contributed by atoms with Gasteiger partial charge in [-0.1, -0.05) is 6.92 Å². The number of hydrogen-bond donors (Lipinski definition) is 1.